The molecule has 1 aliphatic rings. The Hall–Kier alpha value is -1.91. The lowest BCUT2D eigenvalue weighted by atomic mass is 10.1. The van der Waals surface area contributed by atoms with Gasteiger partial charge >= 0.3 is 0 Å². The van der Waals surface area contributed by atoms with Crippen LogP contribution >= 0.6 is 0 Å². The highest BCUT2D eigenvalue weighted by Gasteiger charge is 2.38. The lowest BCUT2D eigenvalue weighted by Crippen LogP contribution is -2.35. The van der Waals surface area contributed by atoms with Gasteiger partial charge < -0.3 is 10.6 Å². The van der Waals surface area contributed by atoms with Gasteiger partial charge in [0.05, 0.1) is 0 Å². The zero-order valence-electron chi connectivity index (χ0n) is 11.7. The zero-order valence-corrected chi connectivity index (χ0v) is 11.7. The second-order valence-electron chi connectivity index (χ2n) is 5.33. The number of benzene rings is 1. The van der Waals surface area contributed by atoms with E-state index in [0.717, 1.165) is 6.42 Å². The number of carbonyl (C=O) groups is 2. The first-order valence-corrected chi connectivity index (χ1v) is 6.81. The molecule has 2 N–H and O–H groups in total. The lowest BCUT2D eigenvalue weighted by molar-refractivity contribution is -0.122. The molecule has 0 radical (unpaired) electrons. The van der Waals surface area contributed by atoms with Crippen LogP contribution in [0, 0.1) is 24.6 Å². The minimum atomic E-state index is -0.395. The molecule has 20 heavy (non-hydrogen) atoms. The quantitative estimate of drug-likeness (QED) is 0.804. The van der Waals surface area contributed by atoms with Crippen LogP contribution in [0.3, 0.4) is 0 Å². The number of hydrogen-bond acceptors (Lipinski definition) is 2. The number of amides is 2. The van der Waals surface area contributed by atoms with Crippen LogP contribution in [0.5, 0.6) is 0 Å². The third kappa shape index (κ3) is 3.56. The van der Waals surface area contributed by atoms with Gasteiger partial charge in [-0.25, -0.2) is 4.39 Å². The topological polar surface area (TPSA) is 58.2 Å². The molecule has 4 nitrogen and oxygen atoms in total. The summed E-state index contributed by atoms with van der Waals surface area (Å²) in [6.45, 7) is 4.41. The van der Waals surface area contributed by atoms with Crippen molar-refractivity contribution in [1.29, 1.82) is 0 Å². The van der Waals surface area contributed by atoms with Crippen molar-refractivity contribution in [1.82, 2.24) is 10.6 Å². The van der Waals surface area contributed by atoms with Gasteiger partial charge in [0.25, 0.3) is 5.91 Å². The summed E-state index contributed by atoms with van der Waals surface area (Å²) < 4.78 is 13.3. The van der Waals surface area contributed by atoms with E-state index in [2.05, 4.69) is 10.6 Å². The zero-order chi connectivity index (χ0) is 14.7. The summed E-state index contributed by atoms with van der Waals surface area (Å²) in [6, 6.07) is 4.37. The first kappa shape index (κ1) is 14.5. The number of aryl methyl sites for hydroxylation is 1. The van der Waals surface area contributed by atoms with Gasteiger partial charge in [-0.05, 0) is 37.0 Å². The minimum Gasteiger partial charge on any atom is -0.354 e. The molecule has 0 unspecified atom stereocenters. The van der Waals surface area contributed by atoms with Crippen molar-refractivity contribution in [2.24, 2.45) is 11.8 Å². The van der Waals surface area contributed by atoms with Crippen LogP contribution in [-0.4, -0.2) is 24.9 Å². The highest BCUT2D eigenvalue weighted by atomic mass is 19.1. The Morgan fingerprint density at radius 1 is 1.30 bits per heavy atom. The van der Waals surface area contributed by atoms with Gasteiger partial charge in [0.1, 0.15) is 5.82 Å². The SMILES string of the molecule is Cc1ccc(C(=O)NCCNC(=O)[C@@H]2C[C@@H]2C)cc1F. The van der Waals surface area contributed by atoms with Gasteiger partial charge in [0.2, 0.25) is 5.91 Å². The smallest absolute Gasteiger partial charge is 0.251 e. The number of nitrogens with one attached hydrogen (secondary N) is 2. The molecule has 1 aromatic carbocycles. The molecule has 1 fully saturated rings. The molecule has 2 rings (SSSR count). The summed E-state index contributed by atoms with van der Waals surface area (Å²) in [4.78, 5) is 23.3. The fourth-order valence-electron chi connectivity index (χ4n) is 2.02. The van der Waals surface area contributed by atoms with Gasteiger partial charge in [-0.1, -0.05) is 13.0 Å². The van der Waals surface area contributed by atoms with E-state index in [1.807, 2.05) is 6.92 Å². The highest BCUT2D eigenvalue weighted by Crippen LogP contribution is 2.37. The Morgan fingerprint density at radius 2 is 1.95 bits per heavy atom. The summed E-state index contributed by atoms with van der Waals surface area (Å²) in [7, 11) is 0. The third-order valence-electron chi connectivity index (χ3n) is 3.59. The maximum absolute atomic E-state index is 13.3. The van der Waals surface area contributed by atoms with E-state index < -0.39 is 5.82 Å². The van der Waals surface area contributed by atoms with Crippen molar-refractivity contribution in [3.63, 3.8) is 0 Å². The Bertz CT molecular complexity index is 531. The van der Waals surface area contributed by atoms with Crippen LogP contribution < -0.4 is 10.6 Å². The molecule has 0 heterocycles. The molecule has 2 atom stereocenters. The van der Waals surface area contributed by atoms with E-state index in [1.54, 1.807) is 19.1 Å². The first-order chi connectivity index (χ1) is 9.49. The number of halogens is 1. The molecule has 5 heteroatoms. The maximum atomic E-state index is 13.3. The van der Waals surface area contributed by atoms with E-state index in [4.69, 9.17) is 0 Å². The van der Waals surface area contributed by atoms with Crippen LogP contribution in [-0.2, 0) is 4.79 Å². The molecule has 0 bridgehead atoms. The molecule has 2 amide bonds. The van der Waals surface area contributed by atoms with Crippen molar-refractivity contribution in [3.8, 4) is 0 Å². The Balaban J connectivity index is 1.72. The largest absolute Gasteiger partial charge is 0.354 e. The standard InChI is InChI=1S/C15H19FN2O2/c1-9-3-4-11(8-13(9)16)14(19)17-5-6-18-15(20)12-7-10(12)2/h3-4,8,10,12H,5-7H2,1-2H3,(H,17,19)(H,18,20)/t10-,12+/m0/s1. The highest BCUT2D eigenvalue weighted by molar-refractivity contribution is 5.94. The third-order valence-corrected chi connectivity index (χ3v) is 3.59. The molecular weight excluding hydrogens is 259 g/mol. The summed E-state index contributed by atoms with van der Waals surface area (Å²) in [6.07, 6.45) is 0.945. The predicted octanol–water partition coefficient (Wildman–Crippen LogP) is 1.64. The predicted molar refractivity (Wildman–Crippen MR) is 73.8 cm³/mol. The van der Waals surface area contributed by atoms with Gasteiger partial charge in [-0.3, -0.25) is 9.59 Å². The summed E-state index contributed by atoms with van der Waals surface area (Å²) >= 11 is 0. The van der Waals surface area contributed by atoms with Crippen molar-refractivity contribution in [2.45, 2.75) is 20.3 Å². The second-order valence-corrected chi connectivity index (χ2v) is 5.33. The van der Waals surface area contributed by atoms with Crippen molar-refractivity contribution >= 4 is 11.8 Å². The van der Waals surface area contributed by atoms with Gasteiger partial charge in [-0.15, -0.1) is 0 Å². The summed E-state index contributed by atoms with van der Waals surface area (Å²) in [5.74, 6) is -0.0724. The normalized spacial score (nSPS) is 20.4. The molecule has 0 aliphatic heterocycles. The average molecular weight is 278 g/mol. The Morgan fingerprint density at radius 3 is 2.55 bits per heavy atom. The molecule has 108 valence electrons. The molecule has 1 saturated carbocycles. The number of hydrogen-bond donors (Lipinski definition) is 2. The fourth-order valence-corrected chi connectivity index (χ4v) is 2.02. The second kappa shape index (κ2) is 6.03. The molecule has 0 saturated heterocycles. The van der Waals surface area contributed by atoms with E-state index in [9.17, 15) is 14.0 Å². The monoisotopic (exact) mass is 278 g/mol. The van der Waals surface area contributed by atoms with Crippen molar-refractivity contribution in [3.05, 3.63) is 35.1 Å². The van der Waals surface area contributed by atoms with Gasteiger partial charge in [0, 0.05) is 24.6 Å². The van der Waals surface area contributed by atoms with E-state index in [1.165, 1.54) is 6.07 Å². The maximum Gasteiger partial charge on any atom is 0.251 e. The van der Waals surface area contributed by atoms with Crippen molar-refractivity contribution < 1.29 is 14.0 Å². The number of carbonyl (C=O) groups excluding carboxylic acids is 2. The molecule has 1 aromatic rings. The summed E-state index contributed by atoms with van der Waals surface area (Å²) in [5, 5.41) is 5.43. The van der Waals surface area contributed by atoms with E-state index in [-0.39, 0.29) is 23.3 Å². The van der Waals surface area contributed by atoms with Crippen LogP contribution in [0.25, 0.3) is 0 Å². The van der Waals surface area contributed by atoms with E-state index >= 15 is 0 Å². The van der Waals surface area contributed by atoms with Crippen LogP contribution in [0.2, 0.25) is 0 Å². The van der Waals surface area contributed by atoms with Crippen LogP contribution in [0.4, 0.5) is 4.39 Å². The lowest BCUT2D eigenvalue weighted by Gasteiger charge is -2.07. The molecular formula is C15H19FN2O2. The van der Waals surface area contributed by atoms with Crippen LogP contribution in [0.1, 0.15) is 29.3 Å². The van der Waals surface area contributed by atoms with Crippen molar-refractivity contribution in [2.75, 3.05) is 13.1 Å². The average Bonchev–Trinajstić information content (AvgIpc) is 3.14. The molecule has 0 aromatic heterocycles. The van der Waals surface area contributed by atoms with E-state index in [0.29, 0.717) is 24.6 Å². The minimum absolute atomic E-state index is 0.0492. The first-order valence-electron chi connectivity index (χ1n) is 6.81. The Kier molecular flexibility index (Phi) is 4.37. The fraction of sp³-hybridized carbons (Fsp3) is 0.467. The molecule has 1 aliphatic carbocycles. The summed E-state index contributed by atoms with van der Waals surface area (Å²) in [5.41, 5.74) is 0.794. The Labute approximate surface area is 117 Å². The van der Waals surface area contributed by atoms with Gasteiger partial charge in [-0.2, -0.15) is 0 Å². The van der Waals surface area contributed by atoms with Gasteiger partial charge in [0.15, 0.2) is 0 Å². The van der Waals surface area contributed by atoms with Crippen LogP contribution in [0.15, 0.2) is 18.2 Å². The number of rotatable bonds is 5. The molecule has 0 spiro atoms.